The van der Waals surface area contributed by atoms with E-state index in [1.807, 2.05) is 37.3 Å². The number of hydrogen-bond donors (Lipinski definition) is 0. The Labute approximate surface area is 127 Å². The highest BCUT2D eigenvalue weighted by atomic mass is 31.2. The molecule has 3 heteroatoms. The van der Waals surface area contributed by atoms with Crippen LogP contribution in [0.3, 0.4) is 0 Å². The van der Waals surface area contributed by atoms with Gasteiger partial charge in [-0.15, -0.1) is 0 Å². The van der Waals surface area contributed by atoms with E-state index in [4.69, 9.17) is 4.52 Å². The van der Waals surface area contributed by atoms with Gasteiger partial charge in [0.15, 0.2) is 0 Å². The van der Waals surface area contributed by atoms with Crippen LogP contribution in [0, 0.1) is 20.8 Å². The van der Waals surface area contributed by atoms with Gasteiger partial charge in [-0.25, -0.2) is 4.52 Å². The third kappa shape index (κ3) is 2.92. The first-order valence-corrected chi connectivity index (χ1v) is 8.96. The van der Waals surface area contributed by atoms with Crippen LogP contribution in [0.1, 0.15) is 23.6 Å². The van der Waals surface area contributed by atoms with Crippen LogP contribution in [-0.2, 0) is 9.32 Å². The fourth-order valence-corrected chi connectivity index (χ4v) is 5.99. The smallest absolute Gasteiger partial charge is 0.253 e. The zero-order valence-electron chi connectivity index (χ0n) is 13.1. The van der Waals surface area contributed by atoms with Crippen molar-refractivity contribution in [2.24, 2.45) is 0 Å². The Bertz CT molecular complexity index is 614. The second kappa shape index (κ2) is 6.51. The van der Waals surface area contributed by atoms with Crippen LogP contribution < -0.4 is 10.6 Å². The third-order valence-corrected chi connectivity index (χ3v) is 6.99. The van der Waals surface area contributed by atoms with E-state index in [0.717, 1.165) is 27.8 Å². The zero-order valence-corrected chi connectivity index (χ0v) is 14.0. The molecule has 0 spiro atoms. The molecule has 2 nitrogen and oxygen atoms in total. The van der Waals surface area contributed by atoms with Crippen molar-refractivity contribution in [1.82, 2.24) is 0 Å². The van der Waals surface area contributed by atoms with Gasteiger partial charge >= 0.3 is 0 Å². The van der Waals surface area contributed by atoms with Crippen LogP contribution in [0.4, 0.5) is 0 Å². The molecule has 2 aromatic carbocycles. The fraction of sp³-hybridized carbons (Fsp3) is 0.278. The van der Waals surface area contributed by atoms with Crippen LogP contribution in [-0.4, -0.2) is 12.6 Å². The molecule has 0 aliphatic carbocycles. The Morgan fingerprint density at radius 2 is 1.62 bits per heavy atom. The summed E-state index contributed by atoms with van der Waals surface area (Å²) in [4.78, 5) is 12.1. The van der Waals surface area contributed by atoms with Crippen molar-refractivity contribution in [3.8, 4) is 0 Å². The standard InChI is InChI=1S/C18H22O2P/c1-5-20-21(13-19,17-9-7-6-8-10-17)18-15(3)11-14(2)12-16(18)4/h6-13H,5H2,1-4H3/q+1. The number of benzene rings is 2. The Hall–Kier alpha value is -1.50. The topological polar surface area (TPSA) is 26.3 Å². The first-order chi connectivity index (χ1) is 10.0. The minimum absolute atomic E-state index is 0.522. The summed E-state index contributed by atoms with van der Waals surface area (Å²) in [5.74, 6) is 0. The van der Waals surface area contributed by atoms with Crippen LogP contribution >= 0.6 is 7.49 Å². The number of hydrogen-bond acceptors (Lipinski definition) is 2. The summed E-state index contributed by atoms with van der Waals surface area (Å²) < 4.78 is 6.10. The monoisotopic (exact) mass is 301 g/mol. The van der Waals surface area contributed by atoms with E-state index in [9.17, 15) is 4.79 Å². The molecule has 110 valence electrons. The highest BCUT2D eigenvalue weighted by molar-refractivity contribution is 7.97. The molecule has 0 saturated heterocycles. The largest absolute Gasteiger partial charge is 0.296 e. The fourth-order valence-electron chi connectivity index (χ4n) is 2.96. The summed E-state index contributed by atoms with van der Waals surface area (Å²) in [6, 6.07) is 15.2. The molecule has 0 amide bonds. The van der Waals surface area contributed by atoms with Crippen molar-refractivity contribution in [1.29, 1.82) is 0 Å². The first-order valence-electron chi connectivity index (χ1n) is 7.18. The second-order valence-corrected chi connectivity index (χ2v) is 8.01. The molecule has 0 saturated carbocycles. The number of rotatable bonds is 5. The van der Waals surface area contributed by atoms with Gasteiger partial charge in [0.05, 0.1) is 6.61 Å². The van der Waals surface area contributed by atoms with E-state index in [0.29, 0.717) is 6.61 Å². The summed E-state index contributed by atoms with van der Waals surface area (Å²) in [6.07, 6.45) is 0. The molecule has 0 fully saturated rings. The van der Waals surface area contributed by atoms with E-state index in [1.54, 1.807) is 0 Å². The SMILES string of the molecule is CCO[P+](C=O)(c1ccccc1)c1c(C)cc(C)cc1C. The molecule has 21 heavy (non-hydrogen) atoms. The molecule has 0 N–H and O–H groups in total. The van der Waals surface area contributed by atoms with Crippen molar-refractivity contribution >= 4 is 24.1 Å². The van der Waals surface area contributed by atoms with Crippen LogP contribution in [0.15, 0.2) is 42.5 Å². The van der Waals surface area contributed by atoms with Crippen LogP contribution in [0.2, 0.25) is 0 Å². The molecule has 1 unspecified atom stereocenters. The predicted octanol–water partition coefficient (Wildman–Crippen LogP) is 3.72. The summed E-state index contributed by atoms with van der Waals surface area (Å²) >= 11 is 0. The van der Waals surface area contributed by atoms with Gasteiger partial charge in [0.25, 0.3) is 13.5 Å². The molecule has 0 bridgehead atoms. The maximum atomic E-state index is 12.1. The van der Waals surface area contributed by atoms with Gasteiger partial charge < -0.3 is 0 Å². The van der Waals surface area contributed by atoms with Gasteiger partial charge in [-0.05, 0) is 51.0 Å². The summed E-state index contributed by atoms with van der Waals surface area (Å²) in [5.41, 5.74) is 3.47. The first kappa shape index (κ1) is 15.9. The lowest BCUT2D eigenvalue weighted by atomic mass is 10.1. The molecule has 0 radical (unpaired) electrons. The molecule has 2 rings (SSSR count). The van der Waals surface area contributed by atoms with Gasteiger partial charge in [0.1, 0.15) is 10.6 Å². The van der Waals surface area contributed by atoms with E-state index in [2.05, 4.69) is 32.9 Å². The van der Waals surface area contributed by atoms with Gasteiger partial charge in [-0.2, -0.15) is 0 Å². The van der Waals surface area contributed by atoms with Crippen molar-refractivity contribution < 1.29 is 9.32 Å². The van der Waals surface area contributed by atoms with Crippen molar-refractivity contribution in [3.63, 3.8) is 0 Å². The maximum absolute atomic E-state index is 12.1. The third-order valence-electron chi connectivity index (χ3n) is 3.59. The molecule has 0 aliphatic rings. The summed E-state index contributed by atoms with van der Waals surface area (Å²) in [7, 11) is -2.46. The average molecular weight is 301 g/mol. The molecule has 2 aromatic rings. The lowest BCUT2D eigenvalue weighted by Crippen LogP contribution is -2.29. The van der Waals surface area contributed by atoms with Crippen molar-refractivity contribution in [3.05, 3.63) is 59.2 Å². The number of aryl methyl sites for hydroxylation is 3. The lowest BCUT2D eigenvalue weighted by Gasteiger charge is -2.22. The van der Waals surface area contributed by atoms with Gasteiger partial charge in [0.2, 0.25) is 0 Å². The molecule has 1 atom stereocenters. The van der Waals surface area contributed by atoms with Gasteiger partial charge in [-0.3, -0.25) is 4.79 Å². The Kier molecular flexibility index (Phi) is 4.92. The molecule has 0 heterocycles. The molecular weight excluding hydrogens is 279 g/mol. The van der Waals surface area contributed by atoms with Gasteiger partial charge in [0, 0.05) is 0 Å². The quantitative estimate of drug-likeness (QED) is 0.621. The summed E-state index contributed by atoms with van der Waals surface area (Å²) in [6.45, 7) is 8.67. The Morgan fingerprint density at radius 1 is 1.05 bits per heavy atom. The van der Waals surface area contributed by atoms with Crippen molar-refractivity contribution in [2.75, 3.05) is 6.61 Å². The van der Waals surface area contributed by atoms with E-state index in [-0.39, 0.29) is 0 Å². The number of carbonyl (C=O) groups excluding carboxylic acids is 1. The average Bonchev–Trinajstić information content (AvgIpc) is 2.46. The zero-order chi connectivity index (χ0) is 15.5. The number of carbonyl (C=O) groups is 1. The van der Waals surface area contributed by atoms with Crippen molar-refractivity contribution in [2.45, 2.75) is 27.7 Å². The normalized spacial score (nSPS) is 13.7. The molecule has 0 aliphatic heterocycles. The van der Waals surface area contributed by atoms with Gasteiger partial charge in [-0.1, -0.05) is 35.9 Å². The highest BCUT2D eigenvalue weighted by Crippen LogP contribution is 2.56. The predicted molar refractivity (Wildman–Crippen MR) is 91.7 cm³/mol. The summed E-state index contributed by atoms with van der Waals surface area (Å²) in [5, 5.41) is 2.05. The van der Waals surface area contributed by atoms with E-state index in [1.165, 1.54) is 5.56 Å². The van der Waals surface area contributed by atoms with Crippen LogP contribution in [0.5, 0.6) is 0 Å². The van der Waals surface area contributed by atoms with Crippen LogP contribution in [0.25, 0.3) is 0 Å². The molecular formula is C18H22O2P+. The second-order valence-electron chi connectivity index (χ2n) is 5.26. The minimum atomic E-state index is -2.46. The maximum Gasteiger partial charge on any atom is 0.296 e. The minimum Gasteiger partial charge on any atom is -0.253 e. The Balaban J connectivity index is 2.75. The molecule has 0 aromatic heterocycles. The van der Waals surface area contributed by atoms with E-state index >= 15 is 0 Å². The lowest BCUT2D eigenvalue weighted by molar-refractivity contribution is 0.380. The highest BCUT2D eigenvalue weighted by Gasteiger charge is 2.48. The van der Waals surface area contributed by atoms with E-state index < -0.39 is 7.49 Å². The Morgan fingerprint density at radius 3 is 2.10 bits per heavy atom.